The summed E-state index contributed by atoms with van der Waals surface area (Å²) in [5, 5.41) is 0. The van der Waals surface area contributed by atoms with E-state index in [0.717, 1.165) is 16.7 Å². The Morgan fingerprint density at radius 1 is 0.593 bits per heavy atom. The second-order valence-electron chi connectivity index (χ2n) is 6.66. The highest BCUT2D eigenvalue weighted by Crippen LogP contribution is 2.25. The zero-order chi connectivity index (χ0) is 20.4. The predicted octanol–water partition coefficient (Wildman–Crippen LogP) is 6.00. The van der Waals surface area contributed by atoms with E-state index in [0.29, 0.717) is 23.0 Å². The summed E-state index contributed by atoms with van der Waals surface area (Å²) < 4.78 is 15.8. The van der Waals surface area contributed by atoms with Crippen LogP contribution in [0.2, 0.25) is 0 Å². The SMILES string of the molecule is [2H]c1cc([2H])cc(-c2nc(-c3ccc(-c4ccccc4)cc3)nc(C(C)C)n2)c1. The molecule has 4 aromatic rings. The second-order valence-corrected chi connectivity index (χ2v) is 6.66. The van der Waals surface area contributed by atoms with Crippen LogP contribution in [-0.2, 0) is 0 Å². The number of hydrogen-bond acceptors (Lipinski definition) is 3. The fraction of sp³-hybridized carbons (Fsp3) is 0.125. The first-order chi connectivity index (χ1) is 14.0. The maximum atomic E-state index is 7.90. The van der Waals surface area contributed by atoms with E-state index in [4.69, 9.17) is 2.74 Å². The van der Waals surface area contributed by atoms with Crippen molar-refractivity contribution < 1.29 is 2.74 Å². The minimum Gasteiger partial charge on any atom is -0.213 e. The topological polar surface area (TPSA) is 38.7 Å². The number of aromatic nitrogens is 3. The fourth-order valence-electron chi connectivity index (χ4n) is 2.83. The molecule has 0 fully saturated rings. The van der Waals surface area contributed by atoms with Gasteiger partial charge >= 0.3 is 0 Å². The molecule has 27 heavy (non-hydrogen) atoms. The molecule has 0 aliphatic rings. The standard InChI is InChI=1S/C24H21N3/c1-17(2)22-25-23(20-11-7-4-8-12-20)27-24(26-22)21-15-13-19(14-16-21)18-9-5-3-6-10-18/h3-17H,1-2H3/i7D,8D. The summed E-state index contributed by atoms with van der Waals surface area (Å²) in [5.74, 6) is 1.92. The van der Waals surface area contributed by atoms with Crippen molar-refractivity contribution in [3.05, 3.63) is 90.7 Å². The van der Waals surface area contributed by atoms with Crippen LogP contribution in [0.1, 0.15) is 28.3 Å². The van der Waals surface area contributed by atoms with Crippen molar-refractivity contribution in [1.82, 2.24) is 15.0 Å². The van der Waals surface area contributed by atoms with Crippen LogP contribution in [0, 0.1) is 0 Å². The summed E-state index contributed by atoms with van der Waals surface area (Å²) in [6.07, 6.45) is 0. The predicted molar refractivity (Wildman–Crippen MR) is 110 cm³/mol. The summed E-state index contributed by atoms with van der Waals surface area (Å²) in [7, 11) is 0. The molecule has 4 rings (SSSR count). The Labute approximate surface area is 162 Å². The first-order valence-corrected chi connectivity index (χ1v) is 9.00. The highest BCUT2D eigenvalue weighted by Gasteiger charge is 2.12. The molecule has 0 saturated carbocycles. The summed E-state index contributed by atoms with van der Waals surface area (Å²) >= 11 is 0. The van der Waals surface area contributed by atoms with Crippen LogP contribution in [0.4, 0.5) is 0 Å². The Balaban J connectivity index is 1.78. The van der Waals surface area contributed by atoms with E-state index in [1.54, 1.807) is 12.1 Å². The third-order valence-electron chi connectivity index (χ3n) is 4.32. The molecular weight excluding hydrogens is 330 g/mol. The summed E-state index contributed by atoms with van der Waals surface area (Å²) in [6.45, 7) is 4.08. The van der Waals surface area contributed by atoms with Gasteiger partial charge in [-0.3, -0.25) is 0 Å². The van der Waals surface area contributed by atoms with Crippen LogP contribution in [-0.4, -0.2) is 15.0 Å². The molecule has 132 valence electrons. The number of benzene rings is 3. The van der Waals surface area contributed by atoms with Crippen molar-refractivity contribution in [3.8, 4) is 33.9 Å². The van der Waals surface area contributed by atoms with E-state index in [1.165, 1.54) is 6.07 Å². The molecule has 0 aliphatic carbocycles. The van der Waals surface area contributed by atoms with Gasteiger partial charge in [-0.15, -0.1) is 0 Å². The number of hydrogen-bond donors (Lipinski definition) is 0. The lowest BCUT2D eigenvalue weighted by molar-refractivity contribution is 0.766. The van der Waals surface area contributed by atoms with Crippen LogP contribution in [0.15, 0.2) is 84.9 Å². The van der Waals surface area contributed by atoms with Crippen molar-refractivity contribution >= 4 is 0 Å². The van der Waals surface area contributed by atoms with Crippen LogP contribution in [0.3, 0.4) is 0 Å². The molecule has 0 bridgehead atoms. The number of rotatable bonds is 4. The normalized spacial score (nSPS) is 12.0. The molecule has 3 nitrogen and oxygen atoms in total. The van der Waals surface area contributed by atoms with Gasteiger partial charge < -0.3 is 0 Å². The molecule has 0 amide bonds. The zero-order valence-corrected chi connectivity index (χ0v) is 15.3. The first kappa shape index (κ1) is 14.8. The molecule has 1 aromatic heterocycles. The van der Waals surface area contributed by atoms with Gasteiger partial charge in [-0.1, -0.05) is 98.7 Å². The van der Waals surface area contributed by atoms with Crippen molar-refractivity contribution in [2.24, 2.45) is 0 Å². The smallest absolute Gasteiger partial charge is 0.163 e. The summed E-state index contributed by atoms with van der Waals surface area (Å²) in [4.78, 5) is 13.9. The van der Waals surface area contributed by atoms with E-state index in [1.807, 2.05) is 44.2 Å². The van der Waals surface area contributed by atoms with Crippen LogP contribution in [0.25, 0.3) is 33.9 Å². The Hall–Kier alpha value is -3.33. The van der Waals surface area contributed by atoms with Crippen molar-refractivity contribution in [2.75, 3.05) is 0 Å². The van der Waals surface area contributed by atoms with Crippen molar-refractivity contribution in [1.29, 1.82) is 0 Å². The molecule has 3 aromatic carbocycles. The van der Waals surface area contributed by atoms with E-state index >= 15 is 0 Å². The fourth-order valence-corrected chi connectivity index (χ4v) is 2.83. The zero-order valence-electron chi connectivity index (χ0n) is 17.3. The molecule has 0 spiro atoms. The van der Waals surface area contributed by atoms with Crippen molar-refractivity contribution in [3.63, 3.8) is 0 Å². The van der Waals surface area contributed by atoms with Crippen LogP contribution >= 0.6 is 0 Å². The lowest BCUT2D eigenvalue weighted by Gasteiger charge is -2.10. The summed E-state index contributed by atoms with van der Waals surface area (Å²) in [5.41, 5.74) is 3.86. The van der Waals surface area contributed by atoms with Gasteiger partial charge in [0, 0.05) is 17.0 Å². The number of nitrogens with zero attached hydrogens (tertiary/aromatic N) is 3. The van der Waals surface area contributed by atoms with Gasteiger partial charge in [0.25, 0.3) is 0 Å². The van der Waals surface area contributed by atoms with Gasteiger partial charge in [0.2, 0.25) is 0 Å². The molecule has 0 radical (unpaired) electrons. The lowest BCUT2D eigenvalue weighted by atomic mass is 10.0. The summed E-state index contributed by atoms with van der Waals surface area (Å²) in [6, 6.07) is 23.8. The van der Waals surface area contributed by atoms with Gasteiger partial charge in [0.15, 0.2) is 11.6 Å². The highest BCUT2D eigenvalue weighted by molar-refractivity contribution is 5.68. The molecule has 0 unspecified atom stereocenters. The molecule has 3 heteroatoms. The molecule has 0 N–H and O–H groups in total. The molecule has 0 atom stereocenters. The maximum absolute atomic E-state index is 7.90. The van der Waals surface area contributed by atoms with Gasteiger partial charge in [-0.05, 0) is 11.1 Å². The maximum Gasteiger partial charge on any atom is 0.163 e. The van der Waals surface area contributed by atoms with Gasteiger partial charge in [-0.2, -0.15) is 0 Å². The molecule has 0 saturated heterocycles. The molecular formula is C24H21N3. The average Bonchev–Trinajstić information content (AvgIpc) is 2.73. The van der Waals surface area contributed by atoms with Crippen LogP contribution in [0.5, 0.6) is 0 Å². The van der Waals surface area contributed by atoms with Gasteiger partial charge in [-0.25, -0.2) is 15.0 Å². The Morgan fingerprint density at radius 3 is 1.70 bits per heavy atom. The lowest BCUT2D eigenvalue weighted by Crippen LogP contribution is -2.04. The largest absolute Gasteiger partial charge is 0.213 e. The quantitative estimate of drug-likeness (QED) is 0.452. The van der Waals surface area contributed by atoms with Crippen LogP contribution < -0.4 is 0 Å². The second kappa shape index (κ2) is 7.50. The first-order valence-electron chi connectivity index (χ1n) is 10.00. The van der Waals surface area contributed by atoms with E-state index in [2.05, 4.69) is 39.2 Å². The highest BCUT2D eigenvalue weighted by atomic mass is 15.0. The minimum absolute atomic E-state index is 0.133. The average molecular weight is 353 g/mol. The Bertz CT molecular complexity index is 1120. The molecule has 1 heterocycles. The van der Waals surface area contributed by atoms with Gasteiger partial charge in [0.1, 0.15) is 5.82 Å². The van der Waals surface area contributed by atoms with Gasteiger partial charge in [0.05, 0.1) is 2.74 Å². The monoisotopic (exact) mass is 353 g/mol. The van der Waals surface area contributed by atoms with E-state index in [9.17, 15) is 0 Å². The van der Waals surface area contributed by atoms with E-state index < -0.39 is 0 Å². The third-order valence-corrected chi connectivity index (χ3v) is 4.32. The minimum atomic E-state index is 0.133. The molecule has 0 aliphatic heterocycles. The van der Waals surface area contributed by atoms with Crippen molar-refractivity contribution in [2.45, 2.75) is 19.8 Å². The Morgan fingerprint density at radius 2 is 1.11 bits per heavy atom. The third kappa shape index (κ3) is 3.77. The van der Waals surface area contributed by atoms with E-state index in [-0.39, 0.29) is 18.0 Å². The Kier molecular flexibility index (Phi) is 4.11.